The van der Waals surface area contributed by atoms with Crippen LogP contribution in [0.3, 0.4) is 0 Å². The van der Waals surface area contributed by atoms with Gasteiger partial charge >= 0.3 is 5.97 Å². The van der Waals surface area contributed by atoms with Gasteiger partial charge in [0.1, 0.15) is 5.76 Å². The van der Waals surface area contributed by atoms with E-state index in [0.717, 1.165) is 18.8 Å². The lowest BCUT2D eigenvalue weighted by molar-refractivity contribution is -0.139. The van der Waals surface area contributed by atoms with Gasteiger partial charge in [0.05, 0.1) is 13.0 Å². The molecule has 0 bridgehead atoms. The highest BCUT2D eigenvalue weighted by Gasteiger charge is 2.33. The van der Waals surface area contributed by atoms with Gasteiger partial charge in [-0.25, -0.2) is 0 Å². The molecule has 0 atom stereocenters. The number of furan rings is 1. The van der Waals surface area contributed by atoms with E-state index in [2.05, 4.69) is 18.7 Å². The van der Waals surface area contributed by atoms with Crippen LogP contribution in [-0.4, -0.2) is 53.0 Å². The van der Waals surface area contributed by atoms with Gasteiger partial charge in [-0.1, -0.05) is 13.8 Å². The number of hydrogen-bond donors (Lipinski definition) is 1. The Balaban J connectivity index is 1.87. The lowest BCUT2D eigenvalue weighted by atomic mass is 9.96. The van der Waals surface area contributed by atoms with Crippen LogP contribution in [0.25, 0.3) is 0 Å². The van der Waals surface area contributed by atoms with Gasteiger partial charge in [-0.15, -0.1) is 0 Å². The van der Waals surface area contributed by atoms with Gasteiger partial charge in [0.15, 0.2) is 5.76 Å². The fourth-order valence-corrected chi connectivity index (χ4v) is 2.51. The molecular weight excluding hydrogens is 272 g/mol. The van der Waals surface area contributed by atoms with Crippen LogP contribution in [0.4, 0.5) is 0 Å². The van der Waals surface area contributed by atoms with E-state index < -0.39 is 5.97 Å². The summed E-state index contributed by atoms with van der Waals surface area (Å²) in [5.41, 5.74) is 0. The van der Waals surface area contributed by atoms with Gasteiger partial charge in [0.25, 0.3) is 5.91 Å². The van der Waals surface area contributed by atoms with Gasteiger partial charge in [-0.2, -0.15) is 0 Å². The van der Waals surface area contributed by atoms with Gasteiger partial charge < -0.3 is 14.4 Å². The second kappa shape index (κ2) is 6.76. The number of hydrogen-bond acceptors (Lipinski definition) is 4. The van der Waals surface area contributed by atoms with Crippen LogP contribution < -0.4 is 0 Å². The summed E-state index contributed by atoms with van der Waals surface area (Å²) in [5.74, 6) is 0.223. The summed E-state index contributed by atoms with van der Waals surface area (Å²) in [4.78, 5) is 26.6. The van der Waals surface area contributed by atoms with Crippen molar-refractivity contribution < 1.29 is 19.1 Å². The Morgan fingerprint density at radius 3 is 2.57 bits per heavy atom. The van der Waals surface area contributed by atoms with Crippen molar-refractivity contribution in [3.8, 4) is 0 Å². The van der Waals surface area contributed by atoms with Crippen molar-refractivity contribution in [1.82, 2.24) is 9.80 Å². The monoisotopic (exact) mass is 294 g/mol. The number of carboxylic acid groups (broad SMARTS) is 1. The molecule has 6 nitrogen and oxygen atoms in total. The van der Waals surface area contributed by atoms with Crippen molar-refractivity contribution in [2.75, 3.05) is 26.2 Å². The van der Waals surface area contributed by atoms with Crippen molar-refractivity contribution in [2.45, 2.75) is 26.8 Å². The molecule has 6 heteroatoms. The van der Waals surface area contributed by atoms with E-state index in [0.29, 0.717) is 25.4 Å². The minimum Gasteiger partial charge on any atom is -0.481 e. The lowest BCUT2D eigenvalue weighted by Crippen LogP contribution is -2.50. The number of likely N-dealkylation sites (tertiary alicyclic amines) is 1. The molecule has 0 unspecified atom stereocenters. The molecule has 1 aromatic heterocycles. The molecule has 1 aliphatic rings. The molecule has 0 spiro atoms. The van der Waals surface area contributed by atoms with E-state index in [9.17, 15) is 9.59 Å². The number of carbonyl (C=O) groups is 2. The maximum Gasteiger partial charge on any atom is 0.303 e. The second-order valence-electron chi connectivity index (χ2n) is 5.40. The number of rotatable bonds is 7. The molecule has 1 amide bonds. The van der Waals surface area contributed by atoms with Gasteiger partial charge in [0.2, 0.25) is 0 Å². The summed E-state index contributed by atoms with van der Waals surface area (Å²) < 4.78 is 5.60. The summed E-state index contributed by atoms with van der Waals surface area (Å²) >= 11 is 0. The smallest absolute Gasteiger partial charge is 0.303 e. The zero-order valence-corrected chi connectivity index (χ0v) is 12.5. The Bertz CT molecular complexity index is 502. The Labute approximate surface area is 124 Å². The first kappa shape index (κ1) is 15.6. The quantitative estimate of drug-likeness (QED) is 0.828. The predicted octanol–water partition coefficient (Wildman–Crippen LogP) is 1.67. The number of carbonyl (C=O) groups excluding carboxylic acids is 1. The Kier molecular flexibility index (Phi) is 5.01. The molecule has 21 heavy (non-hydrogen) atoms. The Morgan fingerprint density at radius 1 is 1.33 bits per heavy atom. The van der Waals surface area contributed by atoms with Crippen LogP contribution in [0.5, 0.6) is 0 Å². The molecule has 1 aromatic rings. The van der Waals surface area contributed by atoms with Crippen molar-refractivity contribution in [1.29, 1.82) is 0 Å². The van der Waals surface area contributed by atoms with Gasteiger partial charge in [0, 0.05) is 19.0 Å². The lowest BCUT2D eigenvalue weighted by Gasteiger charge is -2.37. The standard InChI is InChI=1S/C15H22N2O4/c1-3-16(4-2)10-12-5-6-13(21-12)15(20)17-8-11(9-17)7-14(18)19/h5-6,11H,3-4,7-10H2,1-2H3,(H,18,19). The molecule has 2 heterocycles. The minimum atomic E-state index is -0.813. The normalized spacial score (nSPS) is 15.3. The first-order valence-corrected chi connectivity index (χ1v) is 7.35. The van der Waals surface area contributed by atoms with Crippen LogP contribution >= 0.6 is 0 Å². The van der Waals surface area contributed by atoms with Crippen LogP contribution in [-0.2, 0) is 11.3 Å². The van der Waals surface area contributed by atoms with E-state index in [-0.39, 0.29) is 18.2 Å². The van der Waals surface area contributed by atoms with E-state index >= 15 is 0 Å². The third kappa shape index (κ3) is 3.85. The first-order valence-electron chi connectivity index (χ1n) is 7.35. The molecule has 1 fully saturated rings. The Hall–Kier alpha value is -1.82. The van der Waals surface area contributed by atoms with Crippen LogP contribution in [0, 0.1) is 5.92 Å². The maximum atomic E-state index is 12.2. The summed E-state index contributed by atoms with van der Waals surface area (Å²) in [6.07, 6.45) is 0.120. The highest BCUT2D eigenvalue weighted by Crippen LogP contribution is 2.22. The van der Waals surface area contributed by atoms with Crippen molar-refractivity contribution >= 4 is 11.9 Å². The number of carboxylic acids is 1. The molecule has 0 aromatic carbocycles. The number of nitrogens with zero attached hydrogens (tertiary/aromatic N) is 2. The van der Waals surface area contributed by atoms with E-state index in [1.54, 1.807) is 11.0 Å². The second-order valence-corrected chi connectivity index (χ2v) is 5.40. The predicted molar refractivity (Wildman–Crippen MR) is 77.0 cm³/mol. The highest BCUT2D eigenvalue weighted by atomic mass is 16.4. The third-order valence-electron chi connectivity index (χ3n) is 3.85. The molecular formula is C15H22N2O4. The largest absolute Gasteiger partial charge is 0.481 e. The molecule has 0 saturated carbocycles. The highest BCUT2D eigenvalue weighted by molar-refractivity contribution is 5.92. The van der Waals surface area contributed by atoms with E-state index in [4.69, 9.17) is 9.52 Å². The minimum absolute atomic E-state index is 0.0663. The average molecular weight is 294 g/mol. The third-order valence-corrected chi connectivity index (χ3v) is 3.85. The molecule has 0 radical (unpaired) electrons. The number of amides is 1. The van der Waals surface area contributed by atoms with Crippen molar-refractivity contribution in [3.05, 3.63) is 23.7 Å². The van der Waals surface area contributed by atoms with E-state index in [1.807, 2.05) is 6.07 Å². The maximum absolute atomic E-state index is 12.2. The zero-order valence-electron chi connectivity index (χ0n) is 12.5. The molecule has 1 aliphatic heterocycles. The molecule has 2 rings (SSSR count). The molecule has 116 valence electrons. The summed E-state index contributed by atoms with van der Waals surface area (Å²) in [6.45, 7) is 7.73. The summed E-state index contributed by atoms with van der Waals surface area (Å²) in [5, 5.41) is 8.70. The van der Waals surface area contributed by atoms with Crippen molar-refractivity contribution in [3.63, 3.8) is 0 Å². The number of aliphatic carboxylic acids is 1. The van der Waals surface area contributed by atoms with Crippen LogP contribution in [0.15, 0.2) is 16.5 Å². The topological polar surface area (TPSA) is 74.0 Å². The van der Waals surface area contributed by atoms with Crippen LogP contribution in [0.1, 0.15) is 36.6 Å². The van der Waals surface area contributed by atoms with Gasteiger partial charge in [-0.05, 0) is 25.2 Å². The van der Waals surface area contributed by atoms with Gasteiger partial charge in [-0.3, -0.25) is 14.5 Å². The molecule has 0 aliphatic carbocycles. The molecule has 1 saturated heterocycles. The SMILES string of the molecule is CCN(CC)Cc1ccc(C(=O)N2CC(CC(=O)O)C2)o1. The average Bonchev–Trinajstić information content (AvgIpc) is 2.87. The zero-order chi connectivity index (χ0) is 15.4. The Morgan fingerprint density at radius 2 is 2.00 bits per heavy atom. The van der Waals surface area contributed by atoms with Crippen molar-refractivity contribution in [2.24, 2.45) is 5.92 Å². The summed E-state index contributed by atoms with van der Waals surface area (Å²) in [7, 11) is 0. The summed E-state index contributed by atoms with van der Waals surface area (Å²) in [6, 6.07) is 3.53. The van der Waals surface area contributed by atoms with Crippen LogP contribution in [0.2, 0.25) is 0 Å². The first-order chi connectivity index (χ1) is 10.0. The fraction of sp³-hybridized carbons (Fsp3) is 0.600. The fourth-order valence-electron chi connectivity index (χ4n) is 2.51. The molecule has 1 N–H and O–H groups in total. The van der Waals surface area contributed by atoms with E-state index in [1.165, 1.54) is 0 Å².